The van der Waals surface area contributed by atoms with Gasteiger partial charge in [-0.2, -0.15) is 0 Å². The van der Waals surface area contributed by atoms with Gasteiger partial charge >= 0.3 is 0 Å². The number of anilines is 1. The third-order valence-corrected chi connectivity index (χ3v) is 8.70. The number of carbonyl (C=O) groups is 1. The standard InChI is InChI=1S/C39H42N4O3/c1-3-32(29-15-6-4-7-16-29)41-39(44)36-31-19-10-11-20-33(31)40-37(30-17-8-5-9-18-30)38(36)46-28-14-23-42-24-26-43(27-25-42)34-21-12-13-22-35(34)45-2/h4-13,15-22,32H,3,14,23-28H2,1-2H3,(H,41,44). The summed E-state index contributed by atoms with van der Waals surface area (Å²) >= 11 is 0. The molecule has 0 saturated carbocycles. The highest BCUT2D eigenvalue weighted by Gasteiger charge is 2.25. The fourth-order valence-electron chi connectivity index (χ4n) is 6.25. The molecule has 1 aliphatic heterocycles. The Morgan fingerprint density at radius 1 is 0.848 bits per heavy atom. The van der Waals surface area contributed by atoms with Crippen LogP contribution in [0, 0.1) is 0 Å². The number of carbonyl (C=O) groups excluding carboxylic acids is 1. The molecule has 0 bridgehead atoms. The van der Waals surface area contributed by atoms with Crippen molar-refractivity contribution in [3.05, 3.63) is 120 Å². The number of benzene rings is 4. The summed E-state index contributed by atoms with van der Waals surface area (Å²) in [5.74, 6) is 1.29. The smallest absolute Gasteiger partial charge is 0.256 e. The number of piperazine rings is 1. The van der Waals surface area contributed by atoms with E-state index in [0.29, 0.717) is 23.6 Å². The van der Waals surface area contributed by atoms with Gasteiger partial charge in [-0.1, -0.05) is 97.9 Å². The number of hydrogen-bond donors (Lipinski definition) is 1. The van der Waals surface area contributed by atoms with E-state index in [9.17, 15) is 4.79 Å². The van der Waals surface area contributed by atoms with E-state index in [0.717, 1.165) is 79.0 Å². The highest BCUT2D eigenvalue weighted by atomic mass is 16.5. The zero-order chi connectivity index (χ0) is 31.7. The lowest BCUT2D eigenvalue weighted by Crippen LogP contribution is -2.46. The van der Waals surface area contributed by atoms with Crippen molar-refractivity contribution in [1.82, 2.24) is 15.2 Å². The summed E-state index contributed by atoms with van der Waals surface area (Å²) in [5.41, 5.74) is 5.12. The molecule has 46 heavy (non-hydrogen) atoms. The molecule has 5 aromatic rings. The summed E-state index contributed by atoms with van der Waals surface area (Å²) in [5, 5.41) is 4.09. The van der Waals surface area contributed by atoms with Crippen LogP contribution >= 0.6 is 0 Å². The van der Waals surface area contributed by atoms with Crippen LogP contribution in [0.4, 0.5) is 5.69 Å². The Morgan fingerprint density at radius 3 is 2.26 bits per heavy atom. The first-order valence-electron chi connectivity index (χ1n) is 16.2. The van der Waals surface area contributed by atoms with Gasteiger partial charge in [0.1, 0.15) is 11.4 Å². The zero-order valence-electron chi connectivity index (χ0n) is 26.7. The summed E-state index contributed by atoms with van der Waals surface area (Å²) in [6, 6.07) is 36.0. The number of rotatable bonds is 12. The number of para-hydroxylation sites is 3. The average molecular weight is 615 g/mol. The quantitative estimate of drug-likeness (QED) is 0.148. The van der Waals surface area contributed by atoms with Gasteiger partial charge in [-0.15, -0.1) is 0 Å². The van der Waals surface area contributed by atoms with Gasteiger partial charge in [-0.3, -0.25) is 9.69 Å². The molecule has 7 heteroatoms. The van der Waals surface area contributed by atoms with Crippen molar-refractivity contribution in [2.24, 2.45) is 0 Å². The van der Waals surface area contributed by atoms with E-state index >= 15 is 0 Å². The first kappa shape index (κ1) is 31.1. The minimum atomic E-state index is -0.158. The lowest BCUT2D eigenvalue weighted by Gasteiger charge is -2.36. The second kappa shape index (κ2) is 14.9. The van der Waals surface area contributed by atoms with Crippen molar-refractivity contribution in [3.8, 4) is 22.8 Å². The Morgan fingerprint density at radius 2 is 1.52 bits per heavy atom. The molecule has 2 heterocycles. The Hall–Kier alpha value is -4.88. The summed E-state index contributed by atoms with van der Waals surface area (Å²) in [6.07, 6.45) is 1.60. The molecule has 236 valence electrons. The van der Waals surface area contributed by atoms with Gasteiger partial charge in [-0.25, -0.2) is 4.98 Å². The number of hydrogen-bond acceptors (Lipinski definition) is 6. The Bertz CT molecular complexity index is 1740. The summed E-state index contributed by atoms with van der Waals surface area (Å²) in [6.45, 7) is 7.30. The van der Waals surface area contributed by atoms with Gasteiger partial charge in [0.2, 0.25) is 0 Å². The van der Waals surface area contributed by atoms with Crippen LogP contribution in [-0.4, -0.2) is 62.2 Å². The molecule has 1 atom stereocenters. The van der Waals surface area contributed by atoms with Crippen LogP contribution in [0.5, 0.6) is 11.5 Å². The molecule has 4 aromatic carbocycles. The zero-order valence-corrected chi connectivity index (χ0v) is 26.7. The number of amides is 1. The van der Waals surface area contributed by atoms with Gasteiger partial charge in [0, 0.05) is 43.7 Å². The van der Waals surface area contributed by atoms with Crippen molar-refractivity contribution >= 4 is 22.5 Å². The summed E-state index contributed by atoms with van der Waals surface area (Å²) in [4.78, 5) is 24.1. The fraction of sp³-hybridized carbons (Fsp3) is 0.282. The maximum Gasteiger partial charge on any atom is 0.256 e. The van der Waals surface area contributed by atoms with E-state index in [2.05, 4.69) is 46.3 Å². The normalized spacial score (nSPS) is 14.2. The van der Waals surface area contributed by atoms with E-state index in [1.165, 1.54) is 0 Å². The van der Waals surface area contributed by atoms with Crippen LogP contribution in [0.15, 0.2) is 109 Å². The van der Waals surface area contributed by atoms with Crippen LogP contribution in [0.1, 0.15) is 41.7 Å². The van der Waals surface area contributed by atoms with Gasteiger partial charge in [-0.05, 0) is 36.6 Å². The molecule has 6 rings (SSSR count). The molecule has 1 saturated heterocycles. The minimum Gasteiger partial charge on any atom is -0.495 e. The lowest BCUT2D eigenvalue weighted by atomic mass is 10.00. The number of nitrogens with zero attached hydrogens (tertiary/aromatic N) is 3. The molecular formula is C39H42N4O3. The largest absolute Gasteiger partial charge is 0.495 e. The highest BCUT2D eigenvalue weighted by molar-refractivity contribution is 6.10. The first-order chi connectivity index (χ1) is 22.7. The molecule has 1 unspecified atom stereocenters. The van der Waals surface area contributed by atoms with Crippen molar-refractivity contribution in [2.75, 3.05) is 51.3 Å². The number of pyridine rings is 1. The predicted octanol–water partition coefficient (Wildman–Crippen LogP) is 7.38. The SMILES string of the molecule is CCC(NC(=O)c1c(OCCCN2CCN(c3ccccc3OC)CC2)c(-c2ccccc2)nc2ccccc12)c1ccccc1. The molecule has 0 spiro atoms. The highest BCUT2D eigenvalue weighted by Crippen LogP contribution is 2.37. The van der Waals surface area contributed by atoms with E-state index in [4.69, 9.17) is 14.5 Å². The maximum absolute atomic E-state index is 14.2. The van der Waals surface area contributed by atoms with Gasteiger partial charge in [0.15, 0.2) is 5.75 Å². The minimum absolute atomic E-state index is 0.122. The molecule has 1 aliphatic rings. The van der Waals surface area contributed by atoms with E-state index in [-0.39, 0.29) is 11.9 Å². The molecular weight excluding hydrogens is 572 g/mol. The fourth-order valence-corrected chi connectivity index (χ4v) is 6.25. The van der Waals surface area contributed by atoms with Crippen LogP contribution in [0.25, 0.3) is 22.2 Å². The van der Waals surface area contributed by atoms with Crippen molar-refractivity contribution in [2.45, 2.75) is 25.8 Å². The lowest BCUT2D eigenvalue weighted by molar-refractivity contribution is 0.0933. The molecule has 1 amide bonds. The molecule has 1 N–H and O–H groups in total. The second-order valence-corrected chi connectivity index (χ2v) is 11.6. The van der Waals surface area contributed by atoms with Gasteiger partial charge in [0.05, 0.1) is 36.5 Å². The average Bonchev–Trinajstić information content (AvgIpc) is 3.12. The number of aromatic nitrogens is 1. The Balaban J connectivity index is 1.22. The number of nitrogens with one attached hydrogen (secondary N) is 1. The van der Waals surface area contributed by atoms with Crippen LogP contribution in [0.3, 0.4) is 0 Å². The Labute approximate surface area is 271 Å². The summed E-state index contributed by atoms with van der Waals surface area (Å²) in [7, 11) is 1.73. The van der Waals surface area contributed by atoms with Crippen molar-refractivity contribution in [1.29, 1.82) is 0 Å². The topological polar surface area (TPSA) is 66.9 Å². The van der Waals surface area contributed by atoms with Crippen LogP contribution in [-0.2, 0) is 0 Å². The third-order valence-electron chi connectivity index (χ3n) is 8.70. The van der Waals surface area contributed by atoms with E-state index in [1.807, 2.05) is 84.9 Å². The van der Waals surface area contributed by atoms with Crippen molar-refractivity contribution < 1.29 is 14.3 Å². The molecule has 0 radical (unpaired) electrons. The first-order valence-corrected chi connectivity index (χ1v) is 16.2. The Kier molecular flexibility index (Phi) is 10.1. The predicted molar refractivity (Wildman–Crippen MR) is 186 cm³/mol. The molecule has 1 fully saturated rings. The molecule has 1 aromatic heterocycles. The van der Waals surface area contributed by atoms with Crippen LogP contribution in [0.2, 0.25) is 0 Å². The number of methoxy groups -OCH3 is 1. The third kappa shape index (κ3) is 7.00. The van der Waals surface area contributed by atoms with Gasteiger partial charge in [0.25, 0.3) is 5.91 Å². The second-order valence-electron chi connectivity index (χ2n) is 11.6. The maximum atomic E-state index is 14.2. The van der Waals surface area contributed by atoms with E-state index in [1.54, 1.807) is 7.11 Å². The van der Waals surface area contributed by atoms with Gasteiger partial charge < -0.3 is 19.7 Å². The van der Waals surface area contributed by atoms with Crippen LogP contribution < -0.4 is 19.7 Å². The molecule has 7 nitrogen and oxygen atoms in total. The number of ether oxygens (including phenoxy) is 2. The monoisotopic (exact) mass is 614 g/mol. The van der Waals surface area contributed by atoms with Crippen molar-refractivity contribution in [3.63, 3.8) is 0 Å². The summed E-state index contributed by atoms with van der Waals surface area (Å²) < 4.78 is 12.2. The number of fused-ring (bicyclic) bond motifs is 1. The van der Waals surface area contributed by atoms with E-state index < -0.39 is 0 Å². The molecule has 0 aliphatic carbocycles.